The quantitative estimate of drug-likeness (QED) is 0.457. The predicted octanol–water partition coefficient (Wildman–Crippen LogP) is 3.66. The van der Waals surface area contributed by atoms with E-state index in [0.29, 0.717) is 11.3 Å². The predicted molar refractivity (Wildman–Crippen MR) is 124 cm³/mol. The molecule has 0 aliphatic heterocycles. The van der Waals surface area contributed by atoms with Crippen molar-refractivity contribution in [2.45, 2.75) is 19.0 Å². The number of anilines is 1. The molecule has 6 nitrogen and oxygen atoms in total. The standard InChI is InChI=1S/C24H24N4O2S/c1-5-19-7-6-8-20(14-19)26-22(29)15-27(4)23(30)16-31-24-25-11-12-28(24)21-13-17(2)9-10-18(21)3/h1,6-14H,15-16H2,2-4H3,(H,26,29). The highest BCUT2D eigenvalue weighted by atomic mass is 32.2. The minimum Gasteiger partial charge on any atom is -0.336 e. The Kier molecular flexibility index (Phi) is 7.16. The van der Waals surface area contributed by atoms with E-state index >= 15 is 0 Å². The Balaban J connectivity index is 1.57. The number of imidazole rings is 1. The summed E-state index contributed by atoms with van der Waals surface area (Å²) in [4.78, 5) is 30.6. The van der Waals surface area contributed by atoms with Gasteiger partial charge >= 0.3 is 0 Å². The maximum Gasteiger partial charge on any atom is 0.243 e. The van der Waals surface area contributed by atoms with Gasteiger partial charge in [0.1, 0.15) is 0 Å². The minimum atomic E-state index is -0.285. The first-order chi connectivity index (χ1) is 14.9. The molecule has 0 unspecified atom stereocenters. The molecule has 0 saturated carbocycles. The van der Waals surface area contributed by atoms with E-state index in [4.69, 9.17) is 6.42 Å². The van der Waals surface area contributed by atoms with Crippen molar-refractivity contribution in [2.75, 3.05) is 24.7 Å². The molecule has 0 fully saturated rings. The average molecular weight is 433 g/mol. The molecule has 1 N–H and O–H groups in total. The van der Waals surface area contributed by atoms with Gasteiger partial charge in [-0.15, -0.1) is 6.42 Å². The van der Waals surface area contributed by atoms with Gasteiger partial charge in [-0.3, -0.25) is 14.2 Å². The van der Waals surface area contributed by atoms with Gasteiger partial charge in [0.2, 0.25) is 11.8 Å². The molecule has 0 bridgehead atoms. The van der Waals surface area contributed by atoms with E-state index in [2.05, 4.69) is 34.4 Å². The number of carbonyl (C=O) groups is 2. The second-order valence-corrected chi connectivity index (χ2v) is 8.12. The summed E-state index contributed by atoms with van der Waals surface area (Å²) in [5.41, 5.74) is 4.60. The summed E-state index contributed by atoms with van der Waals surface area (Å²) < 4.78 is 1.98. The molecular weight excluding hydrogens is 408 g/mol. The third kappa shape index (κ3) is 5.77. The number of benzene rings is 2. The third-order valence-corrected chi connectivity index (χ3v) is 5.63. The Bertz CT molecular complexity index is 1150. The maximum absolute atomic E-state index is 12.6. The van der Waals surface area contributed by atoms with Gasteiger partial charge in [-0.2, -0.15) is 0 Å². The van der Waals surface area contributed by atoms with E-state index in [1.165, 1.54) is 16.7 Å². The largest absolute Gasteiger partial charge is 0.336 e. The Morgan fingerprint density at radius 2 is 2.03 bits per heavy atom. The van der Waals surface area contributed by atoms with Gasteiger partial charge in [-0.05, 0) is 49.2 Å². The molecule has 31 heavy (non-hydrogen) atoms. The smallest absolute Gasteiger partial charge is 0.243 e. The average Bonchev–Trinajstić information content (AvgIpc) is 3.22. The topological polar surface area (TPSA) is 67.2 Å². The molecule has 158 valence electrons. The molecule has 0 aliphatic carbocycles. The highest BCUT2D eigenvalue weighted by Gasteiger charge is 2.16. The fourth-order valence-electron chi connectivity index (χ4n) is 2.99. The molecule has 1 aromatic heterocycles. The fourth-order valence-corrected chi connectivity index (χ4v) is 3.89. The number of nitrogens with zero attached hydrogens (tertiary/aromatic N) is 3. The Morgan fingerprint density at radius 1 is 1.23 bits per heavy atom. The minimum absolute atomic E-state index is 0.0505. The van der Waals surface area contributed by atoms with Crippen LogP contribution in [-0.2, 0) is 9.59 Å². The first kappa shape index (κ1) is 22.2. The number of amides is 2. The number of thioether (sulfide) groups is 1. The SMILES string of the molecule is C#Cc1cccc(NC(=O)CN(C)C(=O)CSc2nccn2-c2cc(C)ccc2C)c1. The van der Waals surface area contributed by atoms with E-state index in [1.54, 1.807) is 37.5 Å². The van der Waals surface area contributed by atoms with Crippen LogP contribution in [-0.4, -0.2) is 45.6 Å². The number of hydrogen-bond donors (Lipinski definition) is 1. The zero-order valence-electron chi connectivity index (χ0n) is 17.8. The molecule has 3 aromatic rings. The highest BCUT2D eigenvalue weighted by Crippen LogP contribution is 2.23. The van der Waals surface area contributed by atoms with Crippen LogP contribution in [0.3, 0.4) is 0 Å². The summed E-state index contributed by atoms with van der Waals surface area (Å²) in [6, 6.07) is 13.2. The zero-order chi connectivity index (χ0) is 22.4. The van der Waals surface area contributed by atoms with Gasteiger partial charge in [-0.25, -0.2) is 4.98 Å². The molecule has 0 aliphatic rings. The number of nitrogens with one attached hydrogen (secondary N) is 1. The lowest BCUT2D eigenvalue weighted by molar-refractivity contribution is -0.131. The zero-order valence-corrected chi connectivity index (χ0v) is 18.6. The van der Waals surface area contributed by atoms with Crippen molar-refractivity contribution in [3.63, 3.8) is 0 Å². The van der Waals surface area contributed by atoms with Crippen molar-refractivity contribution in [3.8, 4) is 18.0 Å². The van der Waals surface area contributed by atoms with Crippen molar-refractivity contribution in [1.29, 1.82) is 0 Å². The molecule has 0 spiro atoms. The van der Waals surface area contributed by atoms with Crippen LogP contribution in [0.25, 0.3) is 5.69 Å². The number of rotatable bonds is 7. The molecule has 7 heteroatoms. The van der Waals surface area contributed by atoms with E-state index in [9.17, 15) is 9.59 Å². The monoisotopic (exact) mass is 432 g/mol. The first-order valence-corrected chi connectivity index (χ1v) is 10.7. The summed E-state index contributed by atoms with van der Waals surface area (Å²) in [6.07, 6.45) is 8.99. The molecule has 0 saturated heterocycles. The summed E-state index contributed by atoms with van der Waals surface area (Å²) >= 11 is 1.34. The first-order valence-electron chi connectivity index (χ1n) is 9.71. The van der Waals surface area contributed by atoms with Crippen LogP contribution in [0.1, 0.15) is 16.7 Å². The lowest BCUT2D eigenvalue weighted by atomic mass is 10.1. The number of aromatic nitrogens is 2. The lowest BCUT2D eigenvalue weighted by Gasteiger charge is -2.17. The highest BCUT2D eigenvalue weighted by molar-refractivity contribution is 7.99. The van der Waals surface area contributed by atoms with Crippen molar-refractivity contribution in [3.05, 3.63) is 71.5 Å². The Hall–Kier alpha value is -3.50. The van der Waals surface area contributed by atoms with E-state index in [1.807, 2.05) is 24.6 Å². The van der Waals surface area contributed by atoms with Gasteiger partial charge in [0.05, 0.1) is 18.0 Å². The summed E-state index contributed by atoms with van der Waals surface area (Å²) in [6.45, 7) is 4.03. The lowest BCUT2D eigenvalue weighted by Crippen LogP contribution is -2.36. The van der Waals surface area contributed by atoms with Gasteiger partial charge < -0.3 is 10.2 Å². The van der Waals surface area contributed by atoms with Gasteiger partial charge in [0.25, 0.3) is 0 Å². The maximum atomic E-state index is 12.6. The van der Waals surface area contributed by atoms with Crippen molar-refractivity contribution in [2.24, 2.45) is 0 Å². The molecular formula is C24H24N4O2S. The second kappa shape index (κ2) is 10.0. The van der Waals surface area contributed by atoms with Crippen LogP contribution in [0.4, 0.5) is 5.69 Å². The van der Waals surface area contributed by atoms with E-state index in [0.717, 1.165) is 22.0 Å². The van der Waals surface area contributed by atoms with Crippen LogP contribution in [0.2, 0.25) is 0 Å². The van der Waals surface area contributed by atoms with Gasteiger partial charge in [0, 0.05) is 30.7 Å². The number of hydrogen-bond acceptors (Lipinski definition) is 4. The third-order valence-electron chi connectivity index (χ3n) is 4.68. The molecule has 2 amide bonds. The molecule has 3 rings (SSSR count). The molecule has 2 aromatic carbocycles. The number of carbonyl (C=O) groups excluding carboxylic acids is 2. The normalized spacial score (nSPS) is 10.4. The van der Waals surface area contributed by atoms with Crippen LogP contribution in [0, 0.1) is 26.2 Å². The second-order valence-electron chi connectivity index (χ2n) is 7.18. The number of terminal acetylenes is 1. The summed E-state index contributed by atoms with van der Waals surface area (Å²) in [5, 5.41) is 3.49. The summed E-state index contributed by atoms with van der Waals surface area (Å²) in [7, 11) is 1.61. The summed E-state index contributed by atoms with van der Waals surface area (Å²) in [5.74, 6) is 2.26. The van der Waals surface area contributed by atoms with Crippen LogP contribution in [0.15, 0.2) is 60.0 Å². The van der Waals surface area contributed by atoms with Crippen LogP contribution in [0.5, 0.6) is 0 Å². The Morgan fingerprint density at radius 3 is 2.81 bits per heavy atom. The Labute approximate surface area is 186 Å². The van der Waals surface area contributed by atoms with Gasteiger partial charge in [-0.1, -0.05) is 35.9 Å². The van der Waals surface area contributed by atoms with E-state index in [-0.39, 0.29) is 24.1 Å². The van der Waals surface area contributed by atoms with Crippen molar-refractivity contribution < 1.29 is 9.59 Å². The van der Waals surface area contributed by atoms with Crippen molar-refractivity contribution in [1.82, 2.24) is 14.5 Å². The molecule has 1 heterocycles. The number of aryl methyl sites for hydroxylation is 2. The van der Waals surface area contributed by atoms with Crippen LogP contribution >= 0.6 is 11.8 Å². The number of likely N-dealkylation sites (N-methyl/N-ethyl adjacent to an activating group) is 1. The van der Waals surface area contributed by atoms with Gasteiger partial charge in [0.15, 0.2) is 5.16 Å². The van der Waals surface area contributed by atoms with E-state index < -0.39 is 0 Å². The molecule has 0 radical (unpaired) electrons. The van der Waals surface area contributed by atoms with Crippen molar-refractivity contribution >= 4 is 29.3 Å². The fraction of sp³-hybridized carbons (Fsp3) is 0.208. The van der Waals surface area contributed by atoms with Crippen LogP contribution < -0.4 is 5.32 Å². The molecule has 0 atom stereocenters.